The summed E-state index contributed by atoms with van der Waals surface area (Å²) in [5, 5.41) is 4.68. The van der Waals surface area contributed by atoms with Crippen molar-refractivity contribution in [1.82, 2.24) is 19.3 Å². The summed E-state index contributed by atoms with van der Waals surface area (Å²) in [5.74, 6) is 0.280. The summed E-state index contributed by atoms with van der Waals surface area (Å²) >= 11 is 0. The standard InChI is InChI=1S/C25H26N4O4S/c1-17-25(18(2)33-27-17)34(31,32)29-14-12-28(13-15-29)23(19-8-4-3-5-9-19)24(30)21-16-26-22-11-7-6-10-20(21)22/h3-11,16,23,26H,12-15H2,1-2H3/t23-/m1/s1. The number of H-pyrrole nitrogens is 1. The van der Waals surface area contributed by atoms with E-state index in [0.29, 0.717) is 24.3 Å². The van der Waals surface area contributed by atoms with Gasteiger partial charge in [0, 0.05) is 48.8 Å². The molecular formula is C25H26N4O4S. The molecule has 8 nitrogen and oxygen atoms in total. The third kappa shape index (κ3) is 3.85. The maximum atomic E-state index is 13.9. The number of ketones is 1. The Hall–Kier alpha value is -3.27. The van der Waals surface area contributed by atoms with Crippen LogP contribution in [0.25, 0.3) is 10.9 Å². The van der Waals surface area contributed by atoms with E-state index < -0.39 is 16.1 Å². The third-order valence-electron chi connectivity index (χ3n) is 6.42. The lowest BCUT2D eigenvalue weighted by atomic mass is 9.95. The molecule has 1 N–H and O–H groups in total. The quantitative estimate of drug-likeness (QED) is 0.424. The van der Waals surface area contributed by atoms with Crippen molar-refractivity contribution in [1.29, 1.82) is 0 Å². The zero-order valence-electron chi connectivity index (χ0n) is 19.1. The van der Waals surface area contributed by atoms with Crippen molar-refractivity contribution in [2.45, 2.75) is 24.8 Å². The van der Waals surface area contributed by atoms with Crippen LogP contribution < -0.4 is 0 Å². The summed E-state index contributed by atoms with van der Waals surface area (Å²) in [7, 11) is -3.73. The van der Waals surface area contributed by atoms with Crippen molar-refractivity contribution < 1.29 is 17.7 Å². The molecule has 0 unspecified atom stereocenters. The molecule has 1 aliphatic heterocycles. The van der Waals surface area contributed by atoms with Crippen molar-refractivity contribution in [3.63, 3.8) is 0 Å². The summed E-state index contributed by atoms with van der Waals surface area (Å²) in [6.45, 7) is 4.64. The van der Waals surface area contributed by atoms with E-state index in [9.17, 15) is 13.2 Å². The third-order valence-corrected chi connectivity index (χ3v) is 8.57. The largest absolute Gasteiger partial charge is 0.360 e. The molecule has 9 heteroatoms. The first-order valence-electron chi connectivity index (χ1n) is 11.2. The van der Waals surface area contributed by atoms with E-state index in [0.717, 1.165) is 16.5 Å². The predicted octanol–water partition coefficient (Wildman–Crippen LogP) is 3.70. The Bertz CT molecular complexity index is 1410. The van der Waals surface area contributed by atoms with Crippen LogP contribution in [0.3, 0.4) is 0 Å². The first kappa shape index (κ1) is 22.5. The number of aromatic amines is 1. The lowest BCUT2D eigenvalue weighted by Crippen LogP contribution is -2.51. The molecule has 5 rings (SSSR count). The molecule has 0 amide bonds. The zero-order chi connectivity index (χ0) is 23.9. The molecule has 3 heterocycles. The second kappa shape index (κ2) is 8.83. The van der Waals surface area contributed by atoms with Crippen LogP contribution in [0.2, 0.25) is 0 Å². The maximum absolute atomic E-state index is 13.9. The minimum Gasteiger partial charge on any atom is -0.360 e. The molecule has 2 aromatic heterocycles. The minimum atomic E-state index is -3.73. The van der Waals surface area contributed by atoms with Gasteiger partial charge in [0.15, 0.2) is 11.5 Å². The fourth-order valence-corrected chi connectivity index (χ4v) is 6.47. The minimum absolute atomic E-state index is 0.00863. The highest BCUT2D eigenvalue weighted by Gasteiger charge is 2.37. The molecule has 0 bridgehead atoms. The number of nitrogens with one attached hydrogen (secondary N) is 1. The van der Waals surface area contributed by atoms with Crippen molar-refractivity contribution in [2.24, 2.45) is 0 Å². The molecule has 1 aliphatic rings. The van der Waals surface area contributed by atoms with Crippen molar-refractivity contribution in [2.75, 3.05) is 26.2 Å². The highest BCUT2D eigenvalue weighted by atomic mass is 32.2. The monoisotopic (exact) mass is 478 g/mol. The summed E-state index contributed by atoms with van der Waals surface area (Å²) in [4.78, 5) is 19.3. The zero-order valence-corrected chi connectivity index (χ0v) is 19.9. The number of benzene rings is 2. The lowest BCUT2D eigenvalue weighted by Gasteiger charge is -2.38. The second-order valence-electron chi connectivity index (χ2n) is 8.52. The molecule has 4 aromatic rings. The molecule has 0 spiro atoms. The topological polar surface area (TPSA) is 99.5 Å². The number of carbonyl (C=O) groups is 1. The van der Waals surface area contributed by atoms with Gasteiger partial charge in [-0.05, 0) is 25.5 Å². The van der Waals surface area contributed by atoms with Crippen LogP contribution >= 0.6 is 0 Å². The number of Topliss-reactive ketones (excluding diaryl/α,β-unsaturated/α-hetero) is 1. The number of piperazine rings is 1. The molecule has 2 aromatic carbocycles. The number of rotatable bonds is 6. The number of fused-ring (bicyclic) bond motifs is 1. The van der Waals surface area contributed by atoms with Gasteiger partial charge in [0.05, 0.1) is 6.04 Å². The predicted molar refractivity (Wildman–Crippen MR) is 128 cm³/mol. The molecule has 0 radical (unpaired) electrons. The van der Waals surface area contributed by atoms with E-state index in [1.807, 2.05) is 54.6 Å². The van der Waals surface area contributed by atoms with Gasteiger partial charge in [-0.25, -0.2) is 8.42 Å². The van der Waals surface area contributed by atoms with Crippen molar-refractivity contribution in [3.05, 3.63) is 83.4 Å². The summed E-state index contributed by atoms with van der Waals surface area (Å²) in [6, 6.07) is 16.9. The van der Waals surface area contributed by atoms with Crippen LogP contribution in [0.4, 0.5) is 0 Å². The molecule has 176 valence electrons. The summed E-state index contributed by atoms with van der Waals surface area (Å²) < 4.78 is 33.0. The number of sulfonamides is 1. The van der Waals surface area contributed by atoms with E-state index >= 15 is 0 Å². The second-order valence-corrected chi connectivity index (χ2v) is 10.4. The average Bonchev–Trinajstić information content (AvgIpc) is 3.43. The van der Waals surface area contributed by atoms with E-state index in [1.165, 1.54) is 4.31 Å². The van der Waals surface area contributed by atoms with Gasteiger partial charge in [-0.3, -0.25) is 9.69 Å². The lowest BCUT2D eigenvalue weighted by molar-refractivity contribution is 0.0755. The van der Waals surface area contributed by atoms with Gasteiger partial charge < -0.3 is 9.51 Å². The van der Waals surface area contributed by atoms with Crippen molar-refractivity contribution >= 4 is 26.7 Å². The van der Waals surface area contributed by atoms with Gasteiger partial charge in [-0.2, -0.15) is 4.31 Å². The van der Waals surface area contributed by atoms with Gasteiger partial charge in [0.2, 0.25) is 10.0 Å². The van der Waals surface area contributed by atoms with Crippen LogP contribution in [0.5, 0.6) is 0 Å². The molecule has 0 saturated carbocycles. The average molecular weight is 479 g/mol. The van der Waals surface area contributed by atoms with Crippen LogP contribution in [0.1, 0.15) is 33.4 Å². The molecule has 1 fully saturated rings. The summed E-state index contributed by atoms with van der Waals surface area (Å²) in [5.41, 5.74) is 2.79. The number of carbonyl (C=O) groups excluding carboxylic acids is 1. The molecule has 34 heavy (non-hydrogen) atoms. The summed E-state index contributed by atoms with van der Waals surface area (Å²) in [6.07, 6.45) is 1.76. The van der Waals surface area contributed by atoms with E-state index in [2.05, 4.69) is 15.0 Å². The van der Waals surface area contributed by atoms with Gasteiger partial charge in [0.1, 0.15) is 10.6 Å². The number of aromatic nitrogens is 2. The maximum Gasteiger partial charge on any atom is 0.248 e. The molecule has 0 aliphatic carbocycles. The van der Waals surface area contributed by atoms with E-state index in [4.69, 9.17) is 4.52 Å². The Balaban J connectivity index is 1.43. The number of hydrogen-bond donors (Lipinski definition) is 1. The fraction of sp³-hybridized carbons (Fsp3) is 0.280. The smallest absolute Gasteiger partial charge is 0.248 e. The van der Waals surface area contributed by atoms with Crippen LogP contribution in [-0.4, -0.2) is 59.7 Å². The normalized spacial score (nSPS) is 16.6. The first-order valence-corrected chi connectivity index (χ1v) is 12.6. The van der Waals surface area contributed by atoms with Crippen LogP contribution in [0, 0.1) is 13.8 Å². The SMILES string of the molecule is Cc1noc(C)c1S(=O)(=O)N1CCN([C@@H](C(=O)c2c[nH]c3ccccc23)c2ccccc2)CC1. The molecular weight excluding hydrogens is 452 g/mol. The number of hydrogen-bond acceptors (Lipinski definition) is 6. The first-order chi connectivity index (χ1) is 16.4. The Morgan fingerprint density at radius 3 is 2.35 bits per heavy atom. The van der Waals surface area contributed by atoms with Gasteiger partial charge >= 0.3 is 0 Å². The number of aryl methyl sites for hydroxylation is 2. The number of nitrogens with zero attached hydrogens (tertiary/aromatic N) is 3. The Morgan fingerprint density at radius 2 is 1.68 bits per heavy atom. The van der Waals surface area contributed by atoms with Crippen LogP contribution in [-0.2, 0) is 10.0 Å². The number of para-hydroxylation sites is 1. The Labute approximate surface area is 198 Å². The van der Waals surface area contributed by atoms with Crippen molar-refractivity contribution in [3.8, 4) is 0 Å². The van der Waals surface area contributed by atoms with Gasteiger partial charge in [-0.1, -0.05) is 53.7 Å². The van der Waals surface area contributed by atoms with Gasteiger partial charge in [0.25, 0.3) is 0 Å². The molecule has 1 atom stereocenters. The Morgan fingerprint density at radius 1 is 1.00 bits per heavy atom. The highest BCUT2D eigenvalue weighted by molar-refractivity contribution is 7.89. The van der Waals surface area contributed by atoms with E-state index in [1.54, 1.807) is 20.0 Å². The van der Waals surface area contributed by atoms with Crippen LogP contribution in [0.15, 0.2) is 70.2 Å². The van der Waals surface area contributed by atoms with E-state index in [-0.39, 0.29) is 29.5 Å². The molecule has 1 saturated heterocycles. The Kier molecular flexibility index (Phi) is 5.85. The highest BCUT2D eigenvalue weighted by Crippen LogP contribution is 2.31. The van der Waals surface area contributed by atoms with Gasteiger partial charge in [-0.15, -0.1) is 0 Å². The fourth-order valence-electron chi connectivity index (χ4n) is 4.76.